The Morgan fingerprint density at radius 2 is 1.83 bits per heavy atom. The average Bonchev–Trinajstić information content (AvgIpc) is 3.74. The fraction of sp³-hybridized carbons (Fsp3) is 0.424. The summed E-state index contributed by atoms with van der Waals surface area (Å²) in [5.74, 6) is -2.91. The highest BCUT2D eigenvalue weighted by Gasteiger charge is 2.59. The summed E-state index contributed by atoms with van der Waals surface area (Å²) in [6.45, 7) is 0.394. The second kappa shape index (κ2) is 11.9. The molecular weight excluding hydrogens is 606 g/mol. The third kappa shape index (κ3) is 4.93. The maximum Gasteiger partial charge on any atom is 0.311 e. The molecule has 3 aliphatic heterocycles. The second-order valence-corrected chi connectivity index (χ2v) is 12.5. The fourth-order valence-corrected chi connectivity index (χ4v) is 8.04. The number of carbonyl (C=O) groups excluding carboxylic acids is 4. The normalized spacial score (nSPS) is 27.9. The number of aliphatic hydroxyl groups excluding tert-OH is 1. The van der Waals surface area contributed by atoms with Crippen molar-refractivity contribution in [1.82, 2.24) is 25.0 Å². The number of nitrogens with zero attached hydrogens (tertiary/aromatic N) is 6. The van der Waals surface area contributed by atoms with E-state index in [0.29, 0.717) is 37.2 Å². The highest BCUT2D eigenvalue weighted by molar-refractivity contribution is 6.20. The van der Waals surface area contributed by atoms with Crippen molar-refractivity contribution in [1.29, 1.82) is 5.26 Å². The number of amides is 3. The summed E-state index contributed by atoms with van der Waals surface area (Å²) in [6.07, 6.45) is 4.75. The van der Waals surface area contributed by atoms with E-state index in [1.807, 2.05) is 24.3 Å². The first kappa shape index (κ1) is 30.5. The molecule has 0 unspecified atom stereocenters. The number of hydrogen-bond donors (Lipinski definition) is 2. The Balaban J connectivity index is 1.14. The Morgan fingerprint density at radius 1 is 1.11 bits per heavy atom. The zero-order valence-corrected chi connectivity index (χ0v) is 25.6. The van der Waals surface area contributed by atoms with Crippen LogP contribution in [0.15, 0.2) is 54.7 Å². The minimum atomic E-state index is -1.19. The minimum absolute atomic E-state index is 0.0183. The first-order valence-corrected chi connectivity index (χ1v) is 15.6. The molecule has 6 atom stereocenters. The van der Waals surface area contributed by atoms with Crippen LogP contribution in [0.1, 0.15) is 57.7 Å². The number of rotatable bonds is 8. The lowest BCUT2D eigenvalue weighted by molar-refractivity contribution is -0.160. The summed E-state index contributed by atoms with van der Waals surface area (Å²) in [5.41, 5.74) is 1.10. The van der Waals surface area contributed by atoms with E-state index in [1.165, 1.54) is 7.11 Å². The van der Waals surface area contributed by atoms with E-state index in [0.717, 1.165) is 10.6 Å². The zero-order chi connectivity index (χ0) is 32.9. The van der Waals surface area contributed by atoms with Gasteiger partial charge in [-0.25, -0.2) is 0 Å². The molecule has 242 valence electrons. The summed E-state index contributed by atoms with van der Waals surface area (Å²) in [5, 5.41) is 33.3. The Morgan fingerprint density at radius 3 is 2.55 bits per heavy atom. The SMILES string of the molecule is COC(=O)[C@@H]1[C@H]2C[C@@H]([C@@]3(CCn4cc(CON5C(=O)c6ccccc6C5=O)nn4)C(=O)Nc4ccccc43)N(C#N)C[C@@H]2CC[C@@H]1O. The van der Waals surface area contributed by atoms with Crippen molar-refractivity contribution in [3.8, 4) is 6.19 Å². The van der Waals surface area contributed by atoms with Crippen LogP contribution in [0.2, 0.25) is 0 Å². The van der Waals surface area contributed by atoms with Crippen LogP contribution in [-0.2, 0) is 37.7 Å². The number of aliphatic hydroxyl groups is 1. The van der Waals surface area contributed by atoms with Crippen molar-refractivity contribution in [3.05, 3.63) is 77.1 Å². The van der Waals surface area contributed by atoms with Crippen LogP contribution >= 0.6 is 0 Å². The molecule has 14 heteroatoms. The number of nitriles is 1. The van der Waals surface area contributed by atoms with E-state index < -0.39 is 41.3 Å². The van der Waals surface area contributed by atoms with E-state index in [4.69, 9.17) is 9.57 Å². The lowest BCUT2D eigenvalue weighted by atomic mass is 9.60. The maximum atomic E-state index is 14.1. The number of hydroxylamine groups is 2. The minimum Gasteiger partial charge on any atom is -0.469 e. The number of likely N-dealkylation sites (tertiary alicyclic amines) is 1. The van der Waals surface area contributed by atoms with Gasteiger partial charge < -0.3 is 20.1 Å². The molecule has 2 N–H and O–H groups in total. The number of aromatic nitrogens is 3. The molecule has 14 nitrogen and oxygen atoms in total. The van der Waals surface area contributed by atoms with Crippen LogP contribution in [0.4, 0.5) is 5.69 Å². The topological polar surface area (TPSA) is 180 Å². The predicted molar refractivity (Wildman–Crippen MR) is 162 cm³/mol. The summed E-state index contributed by atoms with van der Waals surface area (Å²) in [6, 6.07) is 13.2. The van der Waals surface area contributed by atoms with E-state index in [1.54, 1.807) is 40.0 Å². The Labute approximate surface area is 269 Å². The van der Waals surface area contributed by atoms with Gasteiger partial charge in [0.25, 0.3) is 11.8 Å². The number of benzene rings is 2. The van der Waals surface area contributed by atoms with Gasteiger partial charge in [0.2, 0.25) is 5.91 Å². The molecule has 3 aromatic rings. The van der Waals surface area contributed by atoms with Gasteiger partial charge in [-0.05, 0) is 61.3 Å². The zero-order valence-electron chi connectivity index (χ0n) is 25.6. The molecule has 1 saturated carbocycles. The molecule has 0 spiro atoms. The van der Waals surface area contributed by atoms with Gasteiger partial charge in [-0.15, -0.1) is 10.2 Å². The standard InChI is InChI=1S/C33H33N7O7/c1-46-31(44)28-23-14-27(38(18-34)15-19(23)10-11-26(28)41)33(24-8-4-5-9-25(24)35-32(33)45)12-13-39-16-20(36-37-39)17-47-40-29(42)21-6-2-3-7-22(21)30(40)43/h2-9,16,19,23,26-28,41H,10-15,17H2,1H3,(H,35,45)/t19-,23-,26-,27-,28+,33-/m0/s1. The van der Waals surface area contributed by atoms with Crippen LogP contribution in [0, 0.1) is 29.2 Å². The third-order valence-electron chi connectivity index (χ3n) is 10.3. The molecule has 2 fully saturated rings. The first-order chi connectivity index (χ1) is 22.8. The van der Waals surface area contributed by atoms with Gasteiger partial charge in [0, 0.05) is 18.8 Å². The number of ether oxygens (including phenoxy) is 1. The number of piperidine rings is 1. The van der Waals surface area contributed by atoms with Gasteiger partial charge in [-0.1, -0.05) is 35.5 Å². The van der Waals surface area contributed by atoms with E-state index in [2.05, 4.69) is 21.8 Å². The van der Waals surface area contributed by atoms with Gasteiger partial charge in [0.1, 0.15) is 12.3 Å². The van der Waals surface area contributed by atoms with Gasteiger partial charge in [0.05, 0.1) is 47.9 Å². The largest absolute Gasteiger partial charge is 0.469 e. The van der Waals surface area contributed by atoms with Crippen molar-refractivity contribution < 1.29 is 33.9 Å². The molecule has 1 saturated heterocycles. The van der Waals surface area contributed by atoms with Crippen LogP contribution in [0.5, 0.6) is 0 Å². The molecular formula is C33H33N7O7. The van der Waals surface area contributed by atoms with Crippen LogP contribution < -0.4 is 5.32 Å². The number of imide groups is 1. The highest BCUT2D eigenvalue weighted by atomic mass is 16.7. The number of hydrogen-bond acceptors (Lipinski definition) is 11. The molecule has 4 aliphatic rings. The van der Waals surface area contributed by atoms with Crippen LogP contribution in [0.25, 0.3) is 0 Å². The van der Waals surface area contributed by atoms with Crippen molar-refractivity contribution in [2.45, 2.75) is 56.4 Å². The molecule has 7 rings (SSSR count). The molecule has 47 heavy (non-hydrogen) atoms. The Kier molecular flexibility index (Phi) is 7.73. The molecule has 4 heterocycles. The van der Waals surface area contributed by atoms with Gasteiger partial charge >= 0.3 is 5.97 Å². The van der Waals surface area contributed by atoms with E-state index in [9.17, 15) is 29.5 Å². The number of fused-ring (bicyclic) bond motifs is 3. The summed E-state index contributed by atoms with van der Waals surface area (Å²) < 4.78 is 6.64. The summed E-state index contributed by atoms with van der Waals surface area (Å²) in [4.78, 5) is 59.5. The molecule has 0 radical (unpaired) electrons. The monoisotopic (exact) mass is 639 g/mol. The van der Waals surface area contributed by atoms with Gasteiger partial charge in [0.15, 0.2) is 6.19 Å². The smallest absolute Gasteiger partial charge is 0.311 e. The second-order valence-electron chi connectivity index (χ2n) is 12.5. The molecule has 3 amide bonds. The maximum absolute atomic E-state index is 14.1. The predicted octanol–water partition coefficient (Wildman–Crippen LogP) is 2.02. The number of nitrogens with one attached hydrogen (secondary N) is 1. The lowest BCUT2D eigenvalue weighted by Crippen LogP contribution is -2.61. The van der Waals surface area contributed by atoms with E-state index in [-0.39, 0.29) is 48.4 Å². The number of para-hydroxylation sites is 1. The van der Waals surface area contributed by atoms with Crippen LogP contribution in [0.3, 0.4) is 0 Å². The third-order valence-corrected chi connectivity index (χ3v) is 10.3. The van der Waals surface area contributed by atoms with Crippen molar-refractivity contribution in [2.24, 2.45) is 17.8 Å². The summed E-state index contributed by atoms with van der Waals surface area (Å²) >= 11 is 0. The quantitative estimate of drug-likeness (QED) is 0.209. The average molecular weight is 640 g/mol. The highest BCUT2D eigenvalue weighted by Crippen LogP contribution is 2.51. The number of aryl methyl sites for hydroxylation is 1. The first-order valence-electron chi connectivity index (χ1n) is 15.6. The van der Waals surface area contributed by atoms with Crippen molar-refractivity contribution in [2.75, 3.05) is 19.0 Å². The van der Waals surface area contributed by atoms with Gasteiger partial charge in [-0.2, -0.15) is 5.26 Å². The number of methoxy groups -OCH3 is 1. The van der Waals surface area contributed by atoms with Crippen molar-refractivity contribution >= 4 is 29.4 Å². The lowest BCUT2D eigenvalue weighted by Gasteiger charge is -2.52. The molecule has 1 aromatic heterocycles. The fourth-order valence-electron chi connectivity index (χ4n) is 8.04. The van der Waals surface area contributed by atoms with Gasteiger partial charge in [-0.3, -0.25) is 28.7 Å². The van der Waals surface area contributed by atoms with E-state index >= 15 is 0 Å². The Hall–Kier alpha value is -5.13. The Bertz CT molecular complexity index is 1770. The molecule has 1 aliphatic carbocycles. The summed E-state index contributed by atoms with van der Waals surface area (Å²) in [7, 11) is 1.31. The number of carbonyl (C=O) groups is 4. The molecule has 0 bridgehead atoms. The number of esters is 1. The molecule has 2 aromatic carbocycles. The van der Waals surface area contributed by atoms with Crippen molar-refractivity contribution in [3.63, 3.8) is 0 Å². The number of anilines is 1. The van der Waals surface area contributed by atoms with Crippen LogP contribution in [-0.4, -0.2) is 79.6 Å².